The maximum absolute atomic E-state index is 13.1. The van der Waals surface area contributed by atoms with Gasteiger partial charge in [0, 0.05) is 36.5 Å². The van der Waals surface area contributed by atoms with E-state index in [1.807, 2.05) is 11.0 Å². The van der Waals surface area contributed by atoms with Crippen LogP contribution in [0.3, 0.4) is 0 Å². The fraction of sp³-hybridized carbons (Fsp3) is 0.250. The van der Waals surface area contributed by atoms with Crippen molar-refractivity contribution in [2.45, 2.75) is 18.8 Å². The summed E-state index contributed by atoms with van der Waals surface area (Å²) in [5, 5.41) is 16.3. The molecule has 3 aromatic rings. The number of H-pyrrole nitrogens is 2. The molecule has 4 rings (SSSR count). The number of carbonyl (C=O) groups is 1. The third kappa shape index (κ3) is 3.47. The normalized spacial score (nSPS) is 16.9. The van der Waals surface area contributed by atoms with E-state index in [9.17, 15) is 9.18 Å². The van der Waals surface area contributed by atoms with Crippen molar-refractivity contribution in [3.63, 3.8) is 0 Å². The number of nitrogens with zero attached hydrogens (tertiary/aromatic N) is 3. The minimum Gasteiger partial charge on any atom is -0.359 e. The summed E-state index contributed by atoms with van der Waals surface area (Å²) in [6, 6.07) is 11.5. The summed E-state index contributed by atoms with van der Waals surface area (Å²) in [5.74, 6) is -0.269. The van der Waals surface area contributed by atoms with Gasteiger partial charge in [-0.25, -0.2) is 4.39 Å². The van der Waals surface area contributed by atoms with Crippen molar-refractivity contribution in [3.05, 3.63) is 65.2 Å². The Labute approximate surface area is 155 Å². The maximum atomic E-state index is 13.1. The number of benzene rings is 1. The van der Waals surface area contributed by atoms with Crippen LogP contribution in [0.5, 0.6) is 0 Å². The lowest BCUT2D eigenvalue weighted by Gasteiger charge is -2.32. The Morgan fingerprint density at radius 2 is 2.11 bits per heavy atom. The van der Waals surface area contributed by atoms with Gasteiger partial charge >= 0.3 is 0 Å². The second-order valence-corrected chi connectivity index (χ2v) is 6.72. The number of amides is 1. The topological polar surface area (TPSA) is 88.6 Å². The molecule has 0 unspecified atom stereocenters. The Bertz CT molecular complexity index is 998. The highest BCUT2D eigenvalue weighted by atomic mass is 19.1. The van der Waals surface area contributed by atoms with Gasteiger partial charge in [-0.2, -0.15) is 10.4 Å². The van der Waals surface area contributed by atoms with Crippen LogP contribution in [-0.4, -0.2) is 39.1 Å². The number of hydrogen-bond acceptors (Lipinski definition) is 3. The van der Waals surface area contributed by atoms with E-state index in [2.05, 4.69) is 21.3 Å². The minimum atomic E-state index is -0.350. The molecule has 27 heavy (non-hydrogen) atoms. The number of aromatic nitrogens is 3. The monoisotopic (exact) mass is 363 g/mol. The number of nitrogens with one attached hydrogen (secondary N) is 2. The van der Waals surface area contributed by atoms with Crippen molar-refractivity contribution in [2.75, 3.05) is 13.1 Å². The smallest absolute Gasteiger partial charge is 0.253 e. The summed E-state index contributed by atoms with van der Waals surface area (Å²) in [5.41, 5.74) is 3.55. The molecule has 1 aliphatic rings. The van der Waals surface area contributed by atoms with Gasteiger partial charge in [0.1, 0.15) is 17.6 Å². The maximum Gasteiger partial charge on any atom is 0.253 e. The minimum absolute atomic E-state index is 0.0810. The predicted octanol–water partition coefficient (Wildman–Crippen LogP) is 3.44. The molecule has 1 aromatic carbocycles. The lowest BCUT2D eigenvalue weighted by atomic mass is 9.94. The molecule has 1 aliphatic heterocycles. The van der Waals surface area contributed by atoms with E-state index in [1.54, 1.807) is 12.3 Å². The van der Waals surface area contributed by atoms with Gasteiger partial charge in [0.25, 0.3) is 5.91 Å². The molecule has 0 saturated carbocycles. The second kappa shape index (κ2) is 7.08. The number of aromatic amines is 2. The Morgan fingerprint density at radius 3 is 2.85 bits per heavy atom. The summed E-state index contributed by atoms with van der Waals surface area (Å²) < 4.78 is 13.1. The summed E-state index contributed by atoms with van der Waals surface area (Å²) in [4.78, 5) is 17.5. The predicted molar refractivity (Wildman–Crippen MR) is 97.4 cm³/mol. The van der Waals surface area contributed by atoms with E-state index >= 15 is 0 Å². The zero-order valence-electron chi connectivity index (χ0n) is 14.6. The van der Waals surface area contributed by atoms with Gasteiger partial charge in [-0.15, -0.1) is 0 Å². The van der Waals surface area contributed by atoms with Crippen molar-refractivity contribution in [3.8, 4) is 17.5 Å². The van der Waals surface area contributed by atoms with Crippen LogP contribution in [0, 0.1) is 17.1 Å². The third-order valence-corrected chi connectivity index (χ3v) is 4.93. The largest absolute Gasteiger partial charge is 0.359 e. The molecule has 1 amide bonds. The van der Waals surface area contributed by atoms with Crippen LogP contribution in [-0.2, 0) is 0 Å². The first-order valence-corrected chi connectivity index (χ1v) is 8.83. The van der Waals surface area contributed by atoms with Gasteiger partial charge in [-0.3, -0.25) is 9.89 Å². The van der Waals surface area contributed by atoms with Gasteiger partial charge in [-0.1, -0.05) is 0 Å². The van der Waals surface area contributed by atoms with Crippen LogP contribution in [0.25, 0.3) is 11.4 Å². The van der Waals surface area contributed by atoms with E-state index in [1.165, 1.54) is 24.3 Å². The van der Waals surface area contributed by atoms with Gasteiger partial charge in [0.05, 0.1) is 11.3 Å². The van der Waals surface area contributed by atoms with E-state index in [0.717, 1.165) is 29.9 Å². The Hall–Kier alpha value is -3.40. The van der Waals surface area contributed by atoms with Crippen molar-refractivity contribution >= 4 is 5.91 Å². The van der Waals surface area contributed by atoms with Crippen molar-refractivity contribution in [2.24, 2.45) is 0 Å². The average molecular weight is 363 g/mol. The number of likely N-dealkylation sites (tertiary alicyclic amines) is 1. The van der Waals surface area contributed by atoms with Gasteiger partial charge in [0.15, 0.2) is 0 Å². The second-order valence-electron chi connectivity index (χ2n) is 6.72. The number of piperidine rings is 1. The molecule has 1 saturated heterocycles. The first-order valence-electron chi connectivity index (χ1n) is 8.83. The van der Waals surface area contributed by atoms with E-state index < -0.39 is 0 Å². The molecule has 1 atom stereocenters. The summed E-state index contributed by atoms with van der Waals surface area (Å²) >= 11 is 0. The number of halogens is 1. The van der Waals surface area contributed by atoms with Crippen LogP contribution in [0.4, 0.5) is 4.39 Å². The Balaban J connectivity index is 1.49. The summed E-state index contributed by atoms with van der Waals surface area (Å²) in [7, 11) is 0. The molecule has 2 N–H and O–H groups in total. The van der Waals surface area contributed by atoms with Crippen LogP contribution in [0.1, 0.15) is 40.4 Å². The number of rotatable bonds is 3. The molecule has 0 bridgehead atoms. The first-order chi connectivity index (χ1) is 13.1. The van der Waals surface area contributed by atoms with E-state index in [4.69, 9.17) is 5.26 Å². The van der Waals surface area contributed by atoms with Crippen LogP contribution in [0.2, 0.25) is 0 Å². The number of nitriles is 1. The molecule has 7 heteroatoms. The Morgan fingerprint density at radius 1 is 1.30 bits per heavy atom. The third-order valence-electron chi connectivity index (χ3n) is 4.93. The van der Waals surface area contributed by atoms with Gasteiger partial charge < -0.3 is 9.88 Å². The van der Waals surface area contributed by atoms with Gasteiger partial charge in [-0.05, 0) is 49.2 Å². The number of carbonyl (C=O) groups excluding carboxylic acids is 1. The van der Waals surface area contributed by atoms with Gasteiger partial charge in [0.2, 0.25) is 0 Å². The van der Waals surface area contributed by atoms with Crippen molar-refractivity contribution in [1.82, 2.24) is 20.1 Å². The standard InChI is InChI=1S/C20H18FN5O/c21-16-5-3-14(4-6-16)20(27)26-7-1-2-15(12-26)17-9-19(25-24-17)18-8-13(10-22)11-23-18/h3-6,8-9,11,15,23H,1-2,7,12H2,(H,24,25)/t15-/m0/s1. The van der Waals surface area contributed by atoms with Crippen molar-refractivity contribution in [1.29, 1.82) is 5.26 Å². The summed E-state index contributed by atoms with van der Waals surface area (Å²) in [6.07, 6.45) is 3.50. The summed E-state index contributed by atoms with van der Waals surface area (Å²) in [6.45, 7) is 1.28. The van der Waals surface area contributed by atoms with E-state index in [-0.39, 0.29) is 17.6 Å². The van der Waals surface area contributed by atoms with E-state index in [0.29, 0.717) is 24.2 Å². The zero-order valence-corrected chi connectivity index (χ0v) is 14.6. The van der Waals surface area contributed by atoms with Crippen LogP contribution in [0.15, 0.2) is 42.6 Å². The SMILES string of the molecule is N#Cc1c[nH]c(-c2cc([C@H]3CCCN(C(=O)c4ccc(F)cc4)C3)[nH]n2)c1. The molecule has 136 valence electrons. The zero-order chi connectivity index (χ0) is 18.8. The lowest BCUT2D eigenvalue weighted by molar-refractivity contribution is 0.0706. The average Bonchev–Trinajstić information content (AvgIpc) is 3.37. The quantitative estimate of drug-likeness (QED) is 0.747. The molecule has 3 heterocycles. The molecular formula is C20H18FN5O. The van der Waals surface area contributed by atoms with Crippen LogP contribution >= 0.6 is 0 Å². The fourth-order valence-electron chi connectivity index (χ4n) is 3.48. The molecule has 6 nitrogen and oxygen atoms in total. The molecule has 0 radical (unpaired) electrons. The highest BCUT2D eigenvalue weighted by Crippen LogP contribution is 2.29. The fourth-order valence-corrected chi connectivity index (χ4v) is 3.48. The molecule has 0 aliphatic carbocycles. The Kier molecular flexibility index (Phi) is 4.47. The molecule has 1 fully saturated rings. The molecule has 2 aromatic heterocycles. The molecule has 0 spiro atoms. The highest BCUT2D eigenvalue weighted by molar-refractivity contribution is 5.94. The van der Waals surface area contributed by atoms with Crippen molar-refractivity contribution < 1.29 is 9.18 Å². The highest BCUT2D eigenvalue weighted by Gasteiger charge is 2.27. The first kappa shape index (κ1) is 17.0. The number of hydrogen-bond donors (Lipinski definition) is 2. The lowest BCUT2D eigenvalue weighted by Crippen LogP contribution is -2.39. The van der Waals surface area contributed by atoms with Crippen LogP contribution < -0.4 is 0 Å². The molecular weight excluding hydrogens is 345 g/mol.